The lowest BCUT2D eigenvalue weighted by Crippen LogP contribution is -2.38. The lowest BCUT2D eigenvalue weighted by molar-refractivity contribution is 0.199. The van der Waals surface area contributed by atoms with Crippen molar-refractivity contribution in [3.63, 3.8) is 0 Å². The summed E-state index contributed by atoms with van der Waals surface area (Å²) in [6.07, 6.45) is 0.835. The third kappa shape index (κ3) is 4.09. The number of benzene rings is 1. The molecule has 21 heavy (non-hydrogen) atoms. The zero-order chi connectivity index (χ0) is 15.4. The SMILES string of the molecule is CCC(N)C(c1cccc(F)c1)N(C)Cc1csc(C)n1. The summed E-state index contributed by atoms with van der Waals surface area (Å²) >= 11 is 1.64. The summed E-state index contributed by atoms with van der Waals surface area (Å²) in [5, 5.41) is 3.12. The predicted octanol–water partition coefficient (Wildman–Crippen LogP) is 3.50. The van der Waals surface area contributed by atoms with Crippen LogP contribution in [0.25, 0.3) is 0 Å². The van der Waals surface area contributed by atoms with Crippen LogP contribution in [-0.4, -0.2) is 23.0 Å². The lowest BCUT2D eigenvalue weighted by Gasteiger charge is -2.32. The van der Waals surface area contributed by atoms with Crippen LogP contribution in [0.1, 0.15) is 35.7 Å². The molecule has 2 unspecified atom stereocenters. The maximum Gasteiger partial charge on any atom is 0.123 e. The number of nitrogens with two attached hydrogens (primary N) is 1. The third-order valence-corrected chi connectivity index (χ3v) is 4.44. The number of nitrogens with zero attached hydrogens (tertiary/aromatic N) is 2. The number of halogens is 1. The van der Waals surface area contributed by atoms with Crippen molar-refractivity contribution in [3.8, 4) is 0 Å². The van der Waals surface area contributed by atoms with E-state index < -0.39 is 0 Å². The van der Waals surface area contributed by atoms with E-state index in [9.17, 15) is 4.39 Å². The molecule has 0 radical (unpaired) electrons. The first-order chi connectivity index (χ1) is 10.0. The number of hydrogen-bond donors (Lipinski definition) is 1. The topological polar surface area (TPSA) is 42.1 Å². The van der Waals surface area contributed by atoms with Crippen molar-refractivity contribution in [2.75, 3.05) is 7.05 Å². The van der Waals surface area contributed by atoms with Gasteiger partial charge in [0.1, 0.15) is 5.82 Å². The second-order valence-electron chi connectivity index (χ2n) is 5.34. The van der Waals surface area contributed by atoms with Crippen molar-refractivity contribution < 1.29 is 4.39 Å². The van der Waals surface area contributed by atoms with Gasteiger partial charge in [-0.05, 0) is 38.1 Å². The van der Waals surface area contributed by atoms with E-state index in [0.717, 1.165) is 22.7 Å². The first-order valence-electron chi connectivity index (χ1n) is 7.13. The Kier molecular flexibility index (Phi) is 5.45. The largest absolute Gasteiger partial charge is 0.326 e. The zero-order valence-corrected chi connectivity index (χ0v) is 13.5. The van der Waals surface area contributed by atoms with Gasteiger partial charge in [-0.15, -0.1) is 11.3 Å². The number of aromatic nitrogens is 1. The van der Waals surface area contributed by atoms with E-state index in [1.165, 1.54) is 6.07 Å². The molecule has 0 saturated carbocycles. The smallest absolute Gasteiger partial charge is 0.123 e. The molecule has 0 spiro atoms. The first kappa shape index (κ1) is 16.1. The lowest BCUT2D eigenvalue weighted by atomic mass is 9.96. The van der Waals surface area contributed by atoms with Gasteiger partial charge in [-0.1, -0.05) is 19.1 Å². The number of aryl methyl sites for hydroxylation is 1. The van der Waals surface area contributed by atoms with Crippen molar-refractivity contribution in [1.82, 2.24) is 9.88 Å². The van der Waals surface area contributed by atoms with Crippen LogP contribution in [0.4, 0.5) is 4.39 Å². The molecule has 2 aromatic rings. The van der Waals surface area contributed by atoms with Gasteiger partial charge in [-0.3, -0.25) is 4.90 Å². The standard InChI is InChI=1S/C16H22FN3S/c1-4-15(18)16(12-6-5-7-13(17)8-12)20(3)9-14-10-21-11(2)19-14/h5-8,10,15-16H,4,9,18H2,1-3H3. The van der Waals surface area contributed by atoms with E-state index in [2.05, 4.69) is 22.2 Å². The van der Waals surface area contributed by atoms with Crippen LogP contribution in [0.15, 0.2) is 29.6 Å². The molecule has 1 aromatic carbocycles. The highest BCUT2D eigenvalue weighted by Crippen LogP contribution is 2.26. The Morgan fingerprint density at radius 2 is 2.19 bits per heavy atom. The maximum absolute atomic E-state index is 13.5. The van der Waals surface area contributed by atoms with Gasteiger partial charge in [0.2, 0.25) is 0 Å². The summed E-state index contributed by atoms with van der Waals surface area (Å²) in [4.78, 5) is 6.64. The monoisotopic (exact) mass is 307 g/mol. The van der Waals surface area contributed by atoms with Gasteiger partial charge in [0.15, 0.2) is 0 Å². The summed E-state index contributed by atoms with van der Waals surface area (Å²) in [6.45, 7) is 4.76. The molecule has 2 atom stereocenters. The molecule has 1 aromatic heterocycles. The molecule has 5 heteroatoms. The molecule has 2 rings (SSSR count). The van der Waals surface area contributed by atoms with Crippen molar-refractivity contribution >= 4 is 11.3 Å². The molecule has 0 aliphatic heterocycles. The minimum Gasteiger partial charge on any atom is -0.326 e. The van der Waals surface area contributed by atoms with E-state index in [1.54, 1.807) is 23.5 Å². The quantitative estimate of drug-likeness (QED) is 0.888. The summed E-state index contributed by atoms with van der Waals surface area (Å²) in [5.41, 5.74) is 8.22. The van der Waals surface area contributed by atoms with Gasteiger partial charge in [0, 0.05) is 18.0 Å². The fourth-order valence-corrected chi connectivity index (χ4v) is 3.18. The van der Waals surface area contributed by atoms with Crippen LogP contribution in [-0.2, 0) is 6.54 Å². The summed E-state index contributed by atoms with van der Waals surface area (Å²) in [5.74, 6) is -0.223. The normalized spacial score (nSPS) is 14.4. The second-order valence-corrected chi connectivity index (χ2v) is 6.41. The molecule has 0 aliphatic rings. The average molecular weight is 307 g/mol. The van der Waals surface area contributed by atoms with Crippen LogP contribution >= 0.6 is 11.3 Å². The first-order valence-corrected chi connectivity index (χ1v) is 8.01. The Labute approximate surface area is 129 Å². The van der Waals surface area contributed by atoms with E-state index in [0.29, 0.717) is 6.54 Å². The molecule has 1 heterocycles. The fraction of sp³-hybridized carbons (Fsp3) is 0.438. The van der Waals surface area contributed by atoms with Gasteiger partial charge < -0.3 is 5.73 Å². The minimum atomic E-state index is -0.223. The second kappa shape index (κ2) is 7.11. The fourth-order valence-electron chi connectivity index (χ4n) is 2.58. The highest BCUT2D eigenvalue weighted by atomic mass is 32.1. The molecule has 0 amide bonds. The third-order valence-electron chi connectivity index (χ3n) is 3.62. The Morgan fingerprint density at radius 1 is 1.43 bits per heavy atom. The molecule has 0 bridgehead atoms. The number of hydrogen-bond acceptors (Lipinski definition) is 4. The Bertz CT molecular complexity index is 584. The molecular weight excluding hydrogens is 285 g/mol. The molecule has 114 valence electrons. The highest BCUT2D eigenvalue weighted by molar-refractivity contribution is 7.09. The molecule has 0 fully saturated rings. The van der Waals surface area contributed by atoms with E-state index in [-0.39, 0.29) is 17.9 Å². The van der Waals surface area contributed by atoms with Gasteiger partial charge in [-0.25, -0.2) is 9.37 Å². The van der Waals surface area contributed by atoms with Crippen molar-refractivity contribution in [2.45, 2.75) is 38.9 Å². The number of rotatable bonds is 6. The summed E-state index contributed by atoms with van der Waals surface area (Å²) < 4.78 is 13.5. The summed E-state index contributed by atoms with van der Waals surface area (Å²) in [6, 6.07) is 6.64. The van der Waals surface area contributed by atoms with Crippen molar-refractivity contribution in [2.24, 2.45) is 5.73 Å². The molecular formula is C16H22FN3S. The summed E-state index contributed by atoms with van der Waals surface area (Å²) in [7, 11) is 2.01. The molecule has 3 nitrogen and oxygen atoms in total. The number of thiazole rings is 1. The van der Waals surface area contributed by atoms with E-state index >= 15 is 0 Å². The van der Waals surface area contributed by atoms with Crippen LogP contribution < -0.4 is 5.73 Å². The molecule has 2 N–H and O–H groups in total. The van der Waals surface area contributed by atoms with Crippen LogP contribution in [0.3, 0.4) is 0 Å². The van der Waals surface area contributed by atoms with Gasteiger partial charge >= 0.3 is 0 Å². The Morgan fingerprint density at radius 3 is 2.76 bits per heavy atom. The average Bonchev–Trinajstić information content (AvgIpc) is 2.84. The molecule has 0 saturated heterocycles. The Hall–Kier alpha value is -1.30. The van der Waals surface area contributed by atoms with Crippen LogP contribution in [0.2, 0.25) is 0 Å². The highest BCUT2D eigenvalue weighted by Gasteiger charge is 2.24. The van der Waals surface area contributed by atoms with Gasteiger partial charge in [0.25, 0.3) is 0 Å². The van der Waals surface area contributed by atoms with Crippen molar-refractivity contribution in [3.05, 3.63) is 51.7 Å². The van der Waals surface area contributed by atoms with Crippen LogP contribution in [0, 0.1) is 12.7 Å². The van der Waals surface area contributed by atoms with Crippen molar-refractivity contribution in [1.29, 1.82) is 0 Å². The van der Waals surface area contributed by atoms with E-state index in [4.69, 9.17) is 5.73 Å². The number of likely N-dealkylation sites (N-methyl/N-ethyl adjacent to an activating group) is 1. The Balaban J connectivity index is 2.23. The minimum absolute atomic E-state index is 0.0206. The predicted molar refractivity (Wildman–Crippen MR) is 85.7 cm³/mol. The van der Waals surface area contributed by atoms with E-state index in [1.807, 2.05) is 20.0 Å². The molecule has 0 aliphatic carbocycles. The zero-order valence-electron chi connectivity index (χ0n) is 12.7. The maximum atomic E-state index is 13.5. The van der Waals surface area contributed by atoms with Gasteiger partial charge in [0.05, 0.1) is 16.7 Å². The van der Waals surface area contributed by atoms with Gasteiger partial charge in [-0.2, -0.15) is 0 Å². The van der Waals surface area contributed by atoms with Crippen LogP contribution in [0.5, 0.6) is 0 Å².